The Balaban J connectivity index is 2.19. The second-order valence-electron chi connectivity index (χ2n) is 4.93. The SMILES string of the molecule is CCn1c(N)c(N=C2C=CC(=O)c3cc[nH]c32)c(=O)n1CC. The molecule has 0 amide bonds. The Morgan fingerprint density at radius 1 is 1.18 bits per heavy atom. The van der Waals surface area contributed by atoms with Crippen molar-refractivity contribution in [1.82, 2.24) is 14.3 Å². The van der Waals surface area contributed by atoms with Crippen LogP contribution in [-0.4, -0.2) is 25.8 Å². The van der Waals surface area contributed by atoms with Gasteiger partial charge >= 0.3 is 0 Å². The first-order chi connectivity index (χ1) is 10.6. The van der Waals surface area contributed by atoms with Gasteiger partial charge in [-0.25, -0.2) is 9.67 Å². The van der Waals surface area contributed by atoms with Gasteiger partial charge in [-0.3, -0.25) is 14.3 Å². The fourth-order valence-corrected chi connectivity index (χ4v) is 2.68. The average Bonchev–Trinajstić information content (AvgIpc) is 3.08. The summed E-state index contributed by atoms with van der Waals surface area (Å²) in [5.41, 5.74) is 7.73. The van der Waals surface area contributed by atoms with E-state index in [0.29, 0.717) is 35.9 Å². The molecule has 0 aromatic carbocycles. The van der Waals surface area contributed by atoms with Gasteiger partial charge in [0.25, 0.3) is 5.56 Å². The van der Waals surface area contributed by atoms with E-state index in [2.05, 4.69) is 9.98 Å². The first-order valence-electron chi connectivity index (χ1n) is 7.16. The van der Waals surface area contributed by atoms with Crippen LogP contribution in [0.15, 0.2) is 34.2 Å². The number of H-pyrrole nitrogens is 1. The summed E-state index contributed by atoms with van der Waals surface area (Å²) >= 11 is 0. The van der Waals surface area contributed by atoms with E-state index in [1.54, 1.807) is 27.7 Å². The minimum absolute atomic E-state index is 0.0831. The number of aromatic nitrogens is 3. The molecule has 0 spiro atoms. The quantitative estimate of drug-likeness (QED) is 0.898. The van der Waals surface area contributed by atoms with Crippen molar-refractivity contribution in [3.05, 3.63) is 46.0 Å². The number of rotatable bonds is 3. The lowest BCUT2D eigenvalue weighted by Gasteiger charge is -2.08. The Morgan fingerprint density at radius 2 is 1.91 bits per heavy atom. The summed E-state index contributed by atoms with van der Waals surface area (Å²) in [7, 11) is 0. The van der Waals surface area contributed by atoms with E-state index < -0.39 is 0 Å². The zero-order valence-corrected chi connectivity index (χ0v) is 12.5. The molecule has 0 fully saturated rings. The summed E-state index contributed by atoms with van der Waals surface area (Å²) in [5, 5.41) is 0. The van der Waals surface area contributed by atoms with Crippen LogP contribution < -0.4 is 11.3 Å². The molecule has 2 aromatic heterocycles. The highest BCUT2D eigenvalue weighted by Crippen LogP contribution is 2.22. The number of carbonyl (C=O) groups excluding carboxylic acids is 1. The Bertz CT molecular complexity index is 863. The van der Waals surface area contributed by atoms with Crippen molar-refractivity contribution >= 4 is 23.0 Å². The van der Waals surface area contributed by atoms with E-state index in [9.17, 15) is 9.59 Å². The molecule has 0 radical (unpaired) electrons. The van der Waals surface area contributed by atoms with E-state index in [1.807, 2.05) is 13.8 Å². The molecule has 3 N–H and O–H groups in total. The normalized spacial score (nSPS) is 15.5. The first kappa shape index (κ1) is 14.1. The Kier molecular flexibility index (Phi) is 3.32. The third-order valence-corrected chi connectivity index (χ3v) is 3.74. The highest BCUT2D eigenvalue weighted by Gasteiger charge is 2.21. The number of fused-ring (bicyclic) bond motifs is 1. The molecule has 0 atom stereocenters. The van der Waals surface area contributed by atoms with Crippen LogP contribution in [0.25, 0.3) is 0 Å². The van der Waals surface area contributed by atoms with Crippen LogP contribution in [0, 0.1) is 0 Å². The second-order valence-corrected chi connectivity index (χ2v) is 4.93. The molecule has 22 heavy (non-hydrogen) atoms. The summed E-state index contributed by atoms with van der Waals surface area (Å²) in [4.78, 5) is 31.6. The molecule has 114 valence electrons. The number of ketones is 1. The number of carbonyl (C=O) groups is 1. The fourth-order valence-electron chi connectivity index (χ4n) is 2.68. The van der Waals surface area contributed by atoms with Gasteiger partial charge in [0, 0.05) is 24.8 Å². The van der Waals surface area contributed by atoms with Crippen molar-refractivity contribution in [2.75, 3.05) is 5.73 Å². The van der Waals surface area contributed by atoms with Crippen LogP contribution in [0.4, 0.5) is 11.5 Å². The smallest absolute Gasteiger partial charge is 0.294 e. The number of nitrogens with one attached hydrogen (secondary N) is 1. The fraction of sp³-hybridized carbons (Fsp3) is 0.267. The van der Waals surface area contributed by atoms with Crippen LogP contribution in [0.1, 0.15) is 29.9 Å². The summed E-state index contributed by atoms with van der Waals surface area (Å²) in [5.74, 6) is 0.250. The maximum Gasteiger partial charge on any atom is 0.294 e. The Labute approximate surface area is 126 Å². The zero-order chi connectivity index (χ0) is 15.9. The van der Waals surface area contributed by atoms with Gasteiger partial charge < -0.3 is 10.7 Å². The highest BCUT2D eigenvalue weighted by atomic mass is 16.1. The van der Waals surface area contributed by atoms with E-state index >= 15 is 0 Å². The predicted octanol–water partition coefficient (Wildman–Crippen LogP) is 1.47. The largest absolute Gasteiger partial charge is 0.382 e. The minimum Gasteiger partial charge on any atom is -0.382 e. The third-order valence-electron chi connectivity index (χ3n) is 3.74. The van der Waals surface area contributed by atoms with Crippen molar-refractivity contribution in [3.8, 4) is 0 Å². The number of anilines is 1. The van der Waals surface area contributed by atoms with Crippen molar-refractivity contribution < 1.29 is 4.79 Å². The van der Waals surface area contributed by atoms with Crippen LogP contribution >= 0.6 is 0 Å². The van der Waals surface area contributed by atoms with Crippen LogP contribution in [-0.2, 0) is 13.1 Å². The molecule has 0 saturated carbocycles. The maximum absolute atomic E-state index is 12.4. The molecule has 0 aliphatic heterocycles. The second kappa shape index (κ2) is 5.18. The number of nitrogen functional groups attached to an aromatic ring is 1. The molecule has 2 aromatic rings. The summed E-state index contributed by atoms with van der Waals surface area (Å²) in [6.45, 7) is 4.90. The van der Waals surface area contributed by atoms with E-state index in [4.69, 9.17) is 5.73 Å². The summed E-state index contributed by atoms with van der Waals surface area (Å²) in [6, 6.07) is 1.70. The van der Waals surface area contributed by atoms with E-state index in [1.165, 1.54) is 6.08 Å². The molecule has 3 rings (SSSR count). The summed E-state index contributed by atoms with van der Waals surface area (Å²) < 4.78 is 3.26. The number of allylic oxidation sites excluding steroid dienone is 2. The monoisotopic (exact) mass is 299 g/mol. The molecule has 7 heteroatoms. The van der Waals surface area contributed by atoms with Crippen LogP contribution in [0.3, 0.4) is 0 Å². The van der Waals surface area contributed by atoms with E-state index in [0.717, 1.165) is 0 Å². The van der Waals surface area contributed by atoms with Crippen molar-refractivity contribution in [2.45, 2.75) is 26.9 Å². The van der Waals surface area contributed by atoms with Gasteiger partial charge in [0.2, 0.25) is 0 Å². The average molecular weight is 299 g/mol. The van der Waals surface area contributed by atoms with Gasteiger partial charge in [-0.15, -0.1) is 0 Å². The maximum atomic E-state index is 12.4. The van der Waals surface area contributed by atoms with Gasteiger partial charge in [-0.1, -0.05) is 0 Å². The van der Waals surface area contributed by atoms with E-state index in [-0.39, 0.29) is 17.0 Å². The van der Waals surface area contributed by atoms with Crippen molar-refractivity contribution in [2.24, 2.45) is 4.99 Å². The van der Waals surface area contributed by atoms with Gasteiger partial charge in [-0.2, -0.15) is 0 Å². The number of hydrogen-bond donors (Lipinski definition) is 2. The van der Waals surface area contributed by atoms with Crippen LogP contribution in [0.5, 0.6) is 0 Å². The van der Waals surface area contributed by atoms with Gasteiger partial charge in [-0.05, 0) is 32.1 Å². The standard InChI is InChI=1S/C15H17N5O2/c1-3-19-14(16)13(15(22)20(19)4-2)18-10-5-6-11(21)9-7-8-17-12(9)10/h5-8,17H,3-4,16H2,1-2H3. The minimum atomic E-state index is -0.229. The Hall–Kier alpha value is -2.83. The molecule has 0 unspecified atom stereocenters. The van der Waals surface area contributed by atoms with Gasteiger partial charge in [0.15, 0.2) is 17.3 Å². The Morgan fingerprint density at radius 3 is 2.55 bits per heavy atom. The lowest BCUT2D eigenvalue weighted by molar-refractivity contribution is 0.104. The number of hydrogen-bond acceptors (Lipinski definition) is 4. The van der Waals surface area contributed by atoms with Crippen LogP contribution in [0.2, 0.25) is 0 Å². The summed E-state index contributed by atoms with van der Waals surface area (Å²) in [6.07, 6.45) is 4.72. The lowest BCUT2D eigenvalue weighted by atomic mass is 10.0. The lowest BCUT2D eigenvalue weighted by Crippen LogP contribution is -2.22. The van der Waals surface area contributed by atoms with Gasteiger partial charge in [0.1, 0.15) is 0 Å². The zero-order valence-electron chi connectivity index (χ0n) is 12.5. The molecule has 1 aliphatic rings. The first-order valence-corrected chi connectivity index (χ1v) is 7.16. The topological polar surface area (TPSA) is 98.2 Å². The van der Waals surface area contributed by atoms with Crippen molar-refractivity contribution in [1.29, 1.82) is 0 Å². The molecule has 2 heterocycles. The predicted molar refractivity (Wildman–Crippen MR) is 84.9 cm³/mol. The van der Waals surface area contributed by atoms with Gasteiger partial charge in [0.05, 0.1) is 11.4 Å². The molecular formula is C15H17N5O2. The molecule has 0 saturated heterocycles. The molecule has 0 bridgehead atoms. The number of aliphatic imine (C=N–C) groups is 1. The molecular weight excluding hydrogens is 282 g/mol. The van der Waals surface area contributed by atoms with Crippen molar-refractivity contribution in [3.63, 3.8) is 0 Å². The molecule has 7 nitrogen and oxygen atoms in total. The third kappa shape index (κ3) is 1.93. The number of nitrogens with zero attached hydrogens (tertiary/aromatic N) is 3. The highest BCUT2D eigenvalue weighted by molar-refractivity contribution is 6.23. The number of aromatic amines is 1. The molecule has 1 aliphatic carbocycles. The number of nitrogens with two attached hydrogens (primary N) is 1.